The molecule has 0 aromatic heterocycles. The molecule has 0 radical (unpaired) electrons. The monoisotopic (exact) mass is 227 g/mol. The smallest absolute Gasteiger partial charge is 0.394 e. The molecule has 0 saturated carbocycles. The molecule has 80 valence electrons. The quantitative estimate of drug-likeness (QED) is 0.451. The molecule has 8 heteroatoms. The lowest BCUT2D eigenvalue weighted by Gasteiger charge is -1.92. The van der Waals surface area contributed by atoms with E-state index < -0.39 is 22.0 Å². The van der Waals surface area contributed by atoms with E-state index in [1.165, 1.54) is 6.07 Å². The lowest BCUT2D eigenvalue weighted by Crippen LogP contribution is -1.89. The van der Waals surface area contributed by atoms with Crippen LogP contribution in [0.2, 0.25) is 0 Å². The van der Waals surface area contributed by atoms with Crippen LogP contribution in [0.3, 0.4) is 0 Å². The molecule has 0 bridgehead atoms. The highest BCUT2D eigenvalue weighted by molar-refractivity contribution is 7.79. The second kappa shape index (κ2) is 4.84. The van der Waals surface area contributed by atoms with Gasteiger partial charge in [-0.1, -0.05) is 0 Å². The van der Waals surface area contributed by atoms with Crippen LogP contribution in [-0.4, -0.2) is 17.5 Å². The van der Waals surface area contributed by atoms with Crippen LogP contribution >= 0.6 is 0 Å². The maximum atomic E-state index is 12.2. The number of benzene rings is 1. The number of halogens is 2. The van der Waals surface area contributed by atoms with Crippen molar-refractivity contribution in [1.29, 1.82) is 0 Å². The van der Waals surface area contributed by atoms with Gasteiger partial charge in [0.25, 0.3) is 0 Å². The first-order valence-electron chi connectivity index (χ1n) is 3.10. The highest BCUT2D eigenvalue weighted by atomic mass is 32.3. The van der Waals surface area contributed by atoms with E-state index in [1.807, 2.05) is 0 Å². The van der Waals surface area contributed by atoms with Gasteiger partial charge in [-0.3, -0.25) is 9.11 Å². The third kappa shape index (κ3) is 7.40. The molecular formula is C6H7F2NO4S. The molecule has 0 spiro atoms. The number of hydrogen-bond acceptors (Lipinski definition) is 3. The summed E-state index contributed by atoms with van der Waals surface area (Å²) in [7, 11) is -4.67. The van der Waals surface area contributed by atoms with E-state index in [4.69, 9.17) is 23.3 Å². The van der Waals surface area contributed by atoms with Gasteiger partial charge in [0.05, 0.1) is 5.69 Å². The fraction of sp³-hybridized carbons (Fsp3) is 0. The highest BCUT2D eigenvalue weighted by Gasteiger charge is 1.96. The van der Waals surface area contributed by atoms with Crippen LogP contribution in [0.4, 0.5) is 14.5 Å². The van der Waals surface area contributed by atoms with E-state index in [0.29, 0.717) is 0 Å². The van der Waals surface area contributed by atoms with Crippen LogP contribution < -0.4 is 5.73 Å². The van der Waals surface area contributed by atoms with Gasteiger partial charge in [-0.2, -0.15) is 8.42 Å². The zero-order valence-corrected chi connectivity index (χ0v) is 7.50. The largest absolute Gasteiger partial charge is 0.396 e. The Balaban J connectivity index is 0.000000292. The molecule has 1 rings (SSSR count). The summed E-state index contributed by atoms with van der Waals surface area (Å²) in [6, 6.07) is 3.04. The zero-order valence-electron chi connectivity index (χ0n) is 6.68. The molecule has 14 heavy (non-hydrogen) atoms. The minimum atomic E-state index is -4.67. The maximum absolute atomic E-state index is 12.2. The van der Waals surface area contributed by atoms with Gasteiger partial charge in [0.15, 0.2) is 0 Å². The van der Waals surface area contributed by atoms with Gasteiger partial charge < -0.3 is 5.73 Å². The van der Waals surface area contributed by atoms with Gasteiger partial charge in [0, 0.05) is 6.07 Å². The molecule has 1 aromatic rings. The van der Waals surface area contributed by atoms with Crippen molar-refractivity contribution in [2.75, 3.05) is 5.73 Å². The minimum absolute atomic E-state index is 0.0311. The third-order valence-corrected chi connectivity index (χ3v) is 0.962. The molecule has 4 N–H and O–H groups in total. The Bertz CT molecular complexity index is 398. The Kier molecular flexibility index (Phi) is 4.41. The number of hydrogen-bond donors (Lipinski definition) is 3. The Morgan fingerprint density at radius 1 is 1.21 bits per heavy atom. The topological polar surface area (TPSA) is 101 Å². The van der Waals surface area contributed by atoms with Crippen LogP contribution in [0.15, 0.2) is 18.2 Å². The summed E-state index contributed by atoms with van der Waals surface area (Å²) in [6.45, 7) is 0. The molecule has 0 unspecified atom stereocenters. The van der Waals surface area contributed by atoms with Gasteiger partial charge in [0.1, 0.15) is 11.6 Å². The normalized spacial score (nSPS) is 10.3. The number of anilines is 1. The summed E-state index contributed by atoms with van der Waals surface area (Å²) < 4.78 is 55.8. The van der Waals surface area contributed by atoms with Crippen LogP contribution in [0.25, 0.3) is 0 Å². The van der Waals surface area contributed by atoms with E-state index in [9.17, 15) is 8.78 Å². The van der Waals surface area contributed by atoms with Gasteiger partial charge in [0.2, 0.25) is 0 Å². The van der Waals surface area contributed by atoms with E-state index in [2.05, 4.69) is 0 Å². The second-order valence-corrected chi connectivity index (χ2v) is 3.01. The van der Waals surface area contributed by atoms with E-state index in [-0.39, 0.29) is 5.69 Å². The molecule has 1 aromatic carbocycles. The van der Waals surface area contributed by atoms with Crippen molar-refractivity contribution in [1.82, 2.24) is 0 Å². The van der Waals surface area contributed by atoms with Gasteiger partial charge in [-0.05, 0) is 12.1 Å². The average molecular weight is 227 g/mol. The van der Waals surface area contributed by atoms with E-state index in [1.54, 1.807) is 0 Å². The molecule has 0 aliphatic heterocycles. The number of rotatable bonds is 0. The minimum Gasteiger partial charge on any atom is -0.396 e. The van der Waals surface area contributed by atoms with Crippen molar-refractivity contribution < 1.29 is 26.3 Å². The third-order valence-electron chi connectivity index (χ3n) is 0.962. The predicted molar refractivity (Wildman–Crippen MR) is 44.9 cm³/mol. The molecule has 0 heterocycles. The Labute approximate surface area is 78.7 Å². The molecule has 0 atom stereocenters. The van der Waals surface area contributed by atoms with Gasteiger partial charge in [-0.15, -0.1) is 0 Å². The van der Waals surface area contributed by atoms with Crippen LogP contribution in [-0.2, 0) is 10.4 Å². The van der Waals surface area contributed by atoms with Crippen LogP contribution in [0.5, 0.6) is 0 Å². The van der Waals surface area contributed by atoms with Gasteiger partial charge in [-0.25, -0.2) is 8.78 Å². The molecule has 0 amide bonds. The summed E-state index contributed by atoms with van der Waals surface area (Å²) in [5.41, 5.74) is 5.02. The van der Waals surface area contributed by atoms with Crippen molar-refractivity contribution >= 4 is 16.1 Å². The average Bonchev–Trinajstić information content (AvgIpc) is 1.94. The number of nitrogen functional groups attached to an aromatic ring is 1. The Morgan fingerprint density at radius 2 is 1.64 bits per heavy atom. The first kappa shape index (κ1) is 12.8. The van der Waals surface area contributed by atoms with Crippen LogP contribution in [0.1, 0.15) is 0 Å². The Morgan fingerprint density at radius 3 is 1.93 bits per heavy atom. The molecule has 0 aliphatic carbocycles. The summed E-state index contributed by atoms with van der Waals surface area (Å²) in [6.07, 6.45) is 0. The summed E-state index contributed by atoms with van der Waals surface area (Å²) >= 11 is 0. The summed E-state index contributed by atoms with van der Waals surface area (Å²) in [4.78, 5) is 0. The predicted octanol–water partition coefficient (Wildman–Crippen LogP) is 0.894. The first-order chi connectivity index (χ1) is 6.20. The number of nitrogens with two attached hydrogens (primary N) is 1. The van der Waals surface area contributed by atoms with E-state index >= 15 is 0 Å². The molecule has 0 aliphatic rings. The molecule has 0 saturated heterocycles. The maximum Gasteiger partial charge on any atom is 0.394 e. The van der Waals surface area contributed by atoms with Crippen molar-refractivity contribution in [3.8, 4) is 0 Å². The highest BCUT2D eigenvalue weighted by Crippen LogP contribution is 2.09. The fourth-order valence-electron chi connectivity index (χ4n) is 0.502. The molecule has 5 nitrogen and oxygen atoms in total. The summed E-state index contributed by atoms with van der Waals surface area (Å²) in [5.74, 6) is -1.32. The SMILES string of the molecule is Nc1ccc(F)cc1F.O=S(=O)(O)O. The van der Waals surface area contributed by atoms with Crippen molar-refractivity contribution in [3.05, 3.63) is 29.8 Å². The standard InChI is InChI=1S/C6H5F2N.H2O4S/c7-4-1-2-6(9)5(8)3-4;1-5(2,3)4/h1-3H,9H2;(H2,1,2,3,4). The lowest BCUT2D eigenvalue weighted by molar-refractivity contribution is 0.381. The van der Waals surface area contributed by atoms with Crippen molar-refractivity contribution in [3.63, 3.8) is 0 Å². The lowest BCUT2D eigenvalue weighted by atomic mass is 10.3. The first-order valence-corrected chi connectivity index (χ1v) is 4.50. The molecule has 0 fully saturated rings. The zero-order chi connectivity index (χ0) is 11.4. The Hall–Kier alpha value is -1.25. The fourth-order valence-corrected chi connectivity index (χ4v) is 0.502. The molecular weight excluding hydrogens is 220 g/mol. The van der Waals surface area contributed by atoms with Crippen molar-refractivity contribution in [2.45, 2.75) is 0 Å². The van der Waals surface area contributed by atoms with Gasteiger partial charge >= 0.3 is 10.4 Å². The van der Waals surface area contributed by atoms with Crippen LogP contribution in [0, 0.1) is 11.6 Å². The summed E-state index contributed by atoms with van der Waals surface area (Å²) in [5, 5.41) is 0. The van der Waals surface area contributed by atoms with Crippen molar-refractivity contribution in [2.24, 2.45) is 0 Å². The van der Waals surface area contributed by atoms with E-state index in [0.717, 1.165) is 12.1 Å². The second-order valence-electron chi connectivity index (χ2n) is 2.11.